The van der Waals surface area contributed by atoms with Crippen LogP contribution >= 0.6 is 0 Å². The number of benzene rings is 2. The molecule has 0 aliphatic heterocycles. The zero-order chi connectivity index (χ0) is 21.8. The fourth-order valence-corrected chi connectivity index (χ4v) is 3.74. The molecule has 0 bridgehead atoms. The van der Waals surface area contributed by atoms with Crippen molar-refractivity contribution in [2.75, 3.05) is 24.2 Å². The van der Waals surface area contributed by atoms with Crippen molar-refractivity contribution in [3.63, 3.8) is 0 Å². The third kappa shape index (κ3) is 4.02. The predicted octanol–water partition coefficient (Wildman–Crippen LogP) is 4.69. The van der Waals surface area contributed by atoms with Crippen LogP contribution in [-0.4, -0.2) is 38.3 Å². The van der Waals surface area contributed by atoms with E-state index in [0.29, 0.717) is 5.89 Å². The molecule has 32 heavy (non-hydrogen) atoms. The Morgan fingerprint density at radius 2 is 1.94 bits per heavy atom. The van der Waals surface area contributed by atoms with E-state index in [0.717, 1.165) is 58.5 Å². The number of rotatable bonds is 8. The van der Waals surface area contributed by atoms with E-state index in [1.54, 1.807) is 12.4 Å². The van der Waals surface area contributed by atoms with E-state index < -0.39 is 0 Å². The number of imidazole rings is 1. The topological polar surface area (TPSA) is 93.7 Å². The first kappa shape index (κ1) is 19.7. The van der Waals surface area contributed by atoms with Crippen LogP contribution in [0.15, 0.2) is 78.2 Å². The molecule has 3 aromatic heterocycles. The normalized spacial score (nSPS) is 11.0. The van der Waals surface area contributed by atoms with Gasteiger partial charge >= 0.3 is 0 Å². The summed E-state index contributed by atoms with van der Waals surface area (Å²) in [7, 11) is 1.92. The number of hydrogen-bond acceptors (Lipinski definition) is 7. The summed E-state index contributed by atoms with van der Waals surface area (Å²) in [5.74, 6) is 0.445. The highest BCUT2D eigenvalue weighted by atomic mass is 16.4. The molecule has 0 spiro atoms. The maximum atomic E-state index is 5.49. The molecule has 0 atom stereocenters. The van der Waals surface area contributed by atoms with E-state index in [1.807, 2.05) is 25.6 Å². The van der Waals surface area contributed by atoms with Gasteiger partial charge in [0.1, 0.15) is 0 Å². The van der Waals surface area contributed by atoms with Gasteiger partial charge in [0.05, 0.1) is 23.1 Å². The molecule has 2 N–H and O–H groups in total. The lowest BCUT2D eigenvalue weighted by atomic mass is 10.0. The lowest BCUT2D eigenvalue weighted by Gasteiger charge is -2.14. The summed E-state index contributed by atoms with van der Waals surface area (Å²) in [6.45, 7) is 1.66. The number of pyridine rings is 1. The molecule has 160 valence electrons. The first-order chi connectivity index (χ1) is 15.8. The minimum atomic E-state index is 0.445. The molecule has 5 aromatic rings. The first-order valence-corrected chi connectivity index (χ1v) is 10.5. The van der Waals surface area contributed by atoms with Gasteiger partial charge in [-0.05, 0) is 41.8 Å². The summed E-state index contributed by atoms with van der Waals surface area (Å²) >= 11 is 0. The van der Waals surface area contributed by atoms with Crippen LogP contribution in [0.4, 0.5) is 11.4 Å². The SMILES string of the molecule is CNc1ccc(-c2ccc3ncc(-c4nnco4)c(NCCCn4ccnc4)c3c2)cc1. The smallest absolute Gasteiger partial charge is 0.251 e. The molecule has 0 fully saturated rings. The number of anilines is 2. The van der Waals surface area contributed by atoms with Crippen LogP contribution in [0, 0.1) is 0 Å². The zero-order valence-electron chi connectivity index (χ0n) is 17.7. The maximum Gasteiger partial charge on any atom is 0.251 e. The van der Waals surface area contributed by atoms with Gasteiger partial charge in [-0.2, -0.15) is 0 Å². The van der Waals surface area contributed by atoms with Gasteiger partial charge in [-0.25, -0.2) is 4.98 Å². The van der Waals surface area contributed by atoms with Gasteiger partial charge in [-0.15, -0.1) is 10.2 Å². The van der Waals surface area contributed by atoms with Crippen molar-refractivity contribution in [1.82, 2.24) is 24.7 Å². The van der Waals surface area contributed by atoms with Crippen molar-refractivity contribution < 1.29 is 4.42 Å². The Bertz CT molecular complexity index is 1300. The average Bonchev–Trinajstić information content (AvgIpc) is 3.56. The predicted molar refractivity (Wildman–Crippen MR) is 125 cm³/mol. The quantitative estimate of drug-likeness (QED) is 0.348. The molecule has 0 aliphatic carbocycles. The summed E-state index contributed by atoms with van der Waals surface area (Å²) in [5.41, 5.74) is 5.97. The van der Waals surface area contributed by atoms with Crippen LogP contribution in [0.3, 0.4) is 0 Å². The van der Waals surface area contributed by atoms with E-state index in [-0.39, 0.29) is 0 Å². The molecular weight excluding hydrogens is 402 g/mol. The molecule has 0 amide bonds. The van der Waals surface area contributed by atoms with Crippen molar-refractivity contribution in [2.45, 2.75) is 13.0 Å². The molecule has 8 heteroatoms. The van der Waals surface area contributed by atoms with E-state index in [9.17, 15) is 0 Å². The number of hydrogen-bond donors (Lipinski definition) is 2. The van der Waals surface area contributed by atoms with Crippen LogP contribution in [0.1, 0.15) is 6.42 Å². The van der Waals surface area contributed by atoms with E-state index >= 15 is 0 Å². The number of aromatic nitrogens is 5. The number of nitrogens with one attached hydrogen (secondary N) is 2. The monoisotopic (exact) mass is 425 g/mol. The minimum absolute atomic E-state index is 0.445. The Morgan fingerprint density at radius 3 is 2.69 bits per heavy atom. The summed E-state index contributed by atoms with van der Waals surface area (Å²) in [6.07, 6.45) is 9.66. The van der Waals surface area contributed by atoms with Crippen molar-refractivity contribution in [3.05, 3.63) is 73.8 Å². The molecule has 2 aromatic carbocycles. The molecule has 0 unspecified atom stereocenters. The molecular formula is C24H23N7O. The summed E-state index contributed by atoms with van der Waals surface area (Å²) in [5, 5.41) is 15.7. The maximum absolute atomic E-state index is 5.49. The Labute approximate surface area is 185 Å². The minimum Gasteiger partial charge on any atom is -0.423 e. The van der Waals surface area contributed by atoms with Crippen molar-refractivity contribution >= 4 is 22.3 Å². The molecule has 3 heterocycles. The lowest BCUT2D eigenvalue weighted by molar-refractivity contribution is 0.568. The average molecular weight is 425 g/mol. The lowest BCUT2D eigenvalue weighted by Crippen LogP contribution is -2.07. The number of fused-ring (bicyclic) bond motifs is 1. The second-order valence-electron chi connectivity index (χ2n) is 7.43. The highest BCUT2D eigenvalue weighted by molar-refractivity contribution is 6.00. The third-order valence-electron chi connectivity index (χ3n) is 5.42. The second kappa shape index (κ2) is 8.89. The van der Waals surface area contributed by atoms with E-state index in [4.69, 9.17) is 4.42 Å². The van der Waals surface area contributed by atoms with Gasteiger partial charge < -0.3 is 19.6 Å². The fraction of sp³-hybridized carbons (Fsp3) is 0.167. The number of nitrogens with zero attached hydrogens (tertiary/aromatic N) is 5. The zero-order valence-corrected chi connectivity index (χ0v) is 17.7. The Kier molecular flexibility index (Phi) is 5.48. The van der Waals surface area contributed by atoms with Gasteiger partial charge in [0.25, 0.3) is 5.89 Å². The van der Waals surface area contributed by atoms with Crippen LogP contribution in [0.2, 0.25) is 0 Å². The first-order valence-electron chi connectivity index (χ1n) is 10.5. The van der Waals surface area contributed by atoms with Crippen LogP contribution in [0.5, 0.6) is 0 Å². The summed E-state index contributed by atoms with van der Waals surface area (Å²) in [6, 6.07) is 14.7. The summed E-state index contributed by atoms with van der Waals surface area (Å²) < 4.78 is 7.56. The Balaban J connectivity index is 1.51. The molecule has 0 aliphatic rings. The highest BCUT2D eigenvalue weighted by Gasteiger charge is 2.15. The third-order valence-corrected chi connectivity index (χ3v) is 5.42. The molecule has 5 rings (SSSR count). The van der Waals surface area contributed by atoms with Gasteiger partial charge in [0, 0.05) is 49.8 Å². The largest absolute Gasteiger partial charge is 0.423 e. The van der Waals surface area contributed by atoms with E-state index in [1.165, 1.54) is 6.39 Å². The van der Waals surface area contributed by atoms with Gasteiger partial charge in [0.2, 0.25) is 6.39 Å². The molecule has 0 saturated carbocycles. The van der Waals surface area contributed by atoms with Crippen molar-refractivity contribution in [1.29, 1.82) is 0 Å². The van der Waals surface area contributed by atoms with Crippen molar-refractivity contribution in [2.24, 2.45) is 0 Å². The van der Waals surface area contributed by atoms with Gasteiger partial charge in [-0.1, -0.05) is 18.2 Å². The summed E-state index contributed by atoms with van der Waals surface area (Å²) in [4.78, 5) is 8.74. The highest BCUT2D eigenvalue weighted by Crippen LogP contribution is 2.35. The van der Waals surface area contributed by atoms with Gasteiger partial charge in [-0.3, -0.25) is 4.98 Å². The molecule has 0 radical (unpaired) electrons. The van der Waals surface area contributed by atoms with E-state index in [2.05, 4.69) is 71.8 Å². The van der Waals surface area contributed by atoms with Gasteiger partial charge in [0.15, 0.2) is 0 Å². The standard InChI is InChI=1S/C24H23N7O/c1-25-19-6-3-17(4-7-19)18-5-8-22-20(13-18)23(21(14-28-22)24-30-29-16-32-24)27-9-2-11-31-12-10-26-15-31/h3-8,10,12-16,25H,2,9,11H2,1H3,(H,27,28). The Hall–Kier alpha value is -4.20. The second-order valence-corrected chi connectivity index (χ2v) is 7.43. The number of aryl methyl sites for hydroxylation is 1. The van der Waals surface area contributed by atoms with Crippen LogP contribution in [0.25, 0.3) is 33.5 Å². The fourth-order valence-electron chi connectivity index (χ4n) is 3.74. The van der Waals surface area contributed by atoms with Crippen LogP contribution < -0.4 is 10.6 Å². The molecule has 8 nitrogen and oxygen atoms in total. The molecule has 0 saturated heterocycles. The Morgan fingerprint density at radius 1 is 1.06 bits per heavy atom. The van der Waals surface area contributed by atoms with Crippen LogP contribution in [-0.2, 0) is 6.54 Å². The van der Waals surface area contributed by atoms with Crippen molar-refractivity contribution in [3.8, 4) is 22.6 Å².